The van der Waals surface area contributed by atoms with Crippen molar-refractivity contribution in [1.29, 1.82) is 0 Å². The Morgan fingerprint density at radius 1 is 1.00 bits per heavy atom. The number of carbonyl (C=O) groups is 2. The van der Waals surface area contributed by atoms with Crippen molar-refractivity contribution in [3.05, 3.63) is 94.6 Å². The summed E-state index contributed by atoms with van der Waals surface area (Å²) in [4.78, 5) is 30.0. The molecule has 2 aromatic heterocycles. The summed E-state index contributed by atoms with van der Waals surface area (Å²) >= 11 is 0. The number of aryl methyl sites for hydroxylation is 2. The van der Waals surface area contributed by atoms with Gasteiger partial charge in [0.1, 0.15) is 11.3 Å². The van der Waals surface area contributed by atoms with E-state index in [9.17, 15) is 9.59 Å². The summed E-state index contributed by atoms with van der Waals surface area (Å²) in [6, 6.07) is 18.2. The van der Waals surface area contributed by atoms with Crippen molar-refractivity contribution in [2.75, 3.05) is 0 Å². The van der Waals surface area contributed by atoms with E-state index < -0.39 is 5.97 Å². The van der Waals surface area contributed by atoms with Crippen LogP contribution in [0.15, 0.2) is 70.2 Å². The molecule has 0 radical (unpaired) electrons. The number of hydrogen-bond donors (Lipinski definition) is 1. The maximum Gasteiger partial charge on any atom is 0.380 e. The Hall–Kier alpha value is -4.26. The molecule has 7 heteroatoms. The molecule has 0 saturated heterocycles. The first-order valence-corrected chi connectivity index (χ1v) is 11.1. The zero-order valence-corrected chi connectivity index (χ0v) is 18.9. The molecule has 0 atom stereocenters. The quantitative estimate of drug-likeness (QED) is 0.263. The monoisotopic (exact) mass is 453 g/mol. The minimum atomic E-state index is -0.588. The van der Waals surface area contributed by atoms with Crippen molar-refractivity contribution in [1.82, 2.24) is 10.4 Å². The van der Waals surface area contributed by atoms with Crippen LogP contribution in [0.25, 0.3) is 10.9 Å². The largest absolute Gasteiger partial charge is 0.453 e. The van der Waals surface area contributed by atoms with E-state index in [1.165, 1.54) is 0 Å². The zero-order valence-electron chi connectivity index (χ0n) is 18.9. The van der Waals surface area contributed by atoms with E-state index in [0.29, 0.717) is 46.7 Å². The van der Waals surface area contributed by atoms with E-state index in [1.54, 1.807) is 30.3 Å². The molecule has 2 heterocycles. The number of furan rings is 1. The number of fused-ring (bicyclic) bond motifs is 2. The third-order valence-corrected chi connectivity index (χ3v) is 5.86. The highest BCUT2D eigenvalue weighted by Crippen LogP contribution is 2.31. The molecular weight excluding hydrogens is 430 g/mol. The highest BCUT2D eigenvalue weighted by Gasteiger charge is 2.29. The predicted octanol–water partition coefficient (Wildman–Crippen LogP) is 5.13. The number of pyridine rings is 1. The molecule has 1 amide bonds. The van der Waals surface area contributed by atoms with Crippen LogP contribution >= 0.6 is 0 Å². The van der Waals surface area contributed by atoms with E-state index in [1.807, 2.05) is 44.2 Å². The van der Waals surface area contributed by atoms with Gasteiger partial charge in [-0.05, 0) is 51.0 Å². The smallest absolute Gasteiger partial charge is 0.380 e. The molecule has 0 unspecified atom stereocenters. The molecule has 0 spiro atoms. The Morgan fingerprint density at radius 2 is 1.82 bits per heavy atom. The van der Waals surface area contributed by atoms with Crippen LogP contribution in [-0.2, 0) is 6.42 Å². The second-order valence-electron chi connectivity index (χ2n) is 8.24. The maximum atomic E-state index is 13.1. The Kier molecular flexibility index (Phi) is 5.67. The number of hydrogen-bond acceptors (Lipinski definition) is 6. The van der Waals surface area contributed by atoms with Gasteiger partial charge in [-0.1, -0.05) is 36.4 Å². The van der Waals surface area contributed by atoms with E-state index in [-0.39, 0.29) is 11.7 Å². The number of para-hydroxylation sites is 1. The molecule has 0 aliphatic heterocycles. The molecule has 34 heavy (non-hydrogen) atoms. The summed E-state index contributed by atoms with van der Waals surface area (Å²) in [7, 11) is 0. The fourth-order valence-corrected chi connectivity index (χ4v) is 4.19. The molecular formula is C27H23N3O4. The minimum absolute atomic E-state index is 0.138. The second kappa shape index (κ2) is 8.94. The standard InChI is InChI=1S/C27H23N3O4/c1-16-14-15-18-10-6-13-22(24(18)28-16)34-27(32)25-17(2)23-20(11-7-12-21(23)33-25)29-30-26(31)19-8-4-3-5-9-19/h3-6,8-10,13-15H,7,11-12H2,1-2H3,(H,30,31)/b29-20+. The number of hydrazone groups is 1. The number of esters is 1. The topological polar surface area (TPSA) is 93.8 Å². The van der Waals surface area contributed by atoms with Gasteiger partial charge in [-0.25, -0.2) is 15.2 Å². The molecule has 170 valence electrons. The first kappa shape index (κ1) is 21.6. The SMILES string of the molecule is Cc1ccc2cccc(OC(=O)c3oc4c(c3C)/C(=N/NC(=O)c3ccccc3)CCC4)c2n1. The molecule has 5 rings (SSSR count). The number of aromatic nitrogens is 1. The van der Waals surface area contributed by atoms with Crippen LogP contribution < -0.4 is 10.2 Å². The van der Waals surface area contributed by atoms with Crippen LogP contribution in [0, 0.1) is 13.8 Å². The Morgan fingerprint density at radius 3 is 2.65 bits per heavy atom. The third kappa shape index (κ3) is 4.08. The van der Waals surface area contributed by atoms with Crippen molar-refractivity contribution in [3.63, 3.8) is 0 Å². The number of ether oxygens (including phenoxy) is 1. The van der Waals surface area contributed by atoms with Crippen LogP contribution in [0.2, 0.25) is 0 Å². The first-order valence-electron chi connectivity index (χ1n) is 11.1. The van der Waals surface area contributed by atoms with Crippen LogP contribution in [0.4, 0.5) is 0 Å². The molecule has 1 aliphatic rings. The van der Waals surface area contributed by atoms with Crippen LogP contribution in [0.3, 0.4) is 0 Å². The number of amides is 1. The Bertz CT molecular complexity index is 1440. The summed E-state index contributed by atoms with van der Waals surface area (Å²) in [6.07, 6.45) is 2.16. The van der Waals surface area contributed by atoms with Crippen molar-refractivity contribution in [3.8, 4) is 5.75 Å². The van der Waals surface area contributed by atoms with Crippen LogP contribution in [0.1, 0.15) is 56.3 Å². The molecule has 1 aliphatic carbocycles. The van der Waals surface area contributed by atoms with Crippen LogP contribution in [-0.4, -0.2) is 22.6 Å². The van der Waals surface area contributed by atoms with Gasteiger partial charge in [0, 0.05) is 34.2 Å². The highest BCUT2D eigenvalue weighted by atomic mass is 16.5. The Balaban J connectivity index is 1.42. The number of carbonyl (C=O) groups excluding carboxylic acids is 2. The third-order valence-electron chi connectivity index (χ3n) is 5.86. The molecule has 0 fully saturated rings. The van der Waals surface area contributed by atoms with Crippen molar-refractivity contribution < 1.29 is 18.7 Å². The lowest BCUT2D eigenvalue weighted by Gasteiger charge is -2.13. The average Bonchev–Trinajstić information content (AvgIpc) is 3.20. The van der Waals surface area contributed by atoms with E-state index >= 15 is 0 Å². The number of nitrogens with one attached hydrogen (secondary N) is 1. The molecule has 0 saturated carbocycles. The number of rotatable bonds is 4. The maximum absolute atomic E-state index is 13.1. The van der Waals surface area contributed by atoms with Gasteiger partial charge < -0.3 is 9.15 Å². The van der Waals surface area contributed by atoms with E-state index in [2.05, 4.69) is 15.5 Å². The van der Waals surface area contributed by atoms with Gasteiger partial charge in [-0.15, -0.1) is 0 Å². The van der Waals surface area contributed by atoms with Gasteiger partial charge in [0.15, 0.2) is 5.75 Å². The fraction of sp³-hybridized carbons (Fsp3) is 0.185. The van der Waals surface area contributed by atoms with Crippen LogP contribution in [0.5, 0.6) is 5.75 Å². The number of nitrogens with zero attached hydrogens (tertiary/aromatic N) is 2. The lowest BCUT2D eigenvalue weighted by molar-refractivity contribution is 0.0700. The summed E-state index contributed by atoms with van der Waals surface area (Å²) in [6.45, 7) is 3.70. The number of benzene rings is 2. The van der Waals surface area contributed by atoms with E-state index in [0.717, 1.165) is 23.1 Å². The lowest BCUT2D eigenvalue weighted by Crippen LogP contribution is -2.22. The molecule has 1 N–H and O–H groups in total. The van der Waals surface area contributed by atoms with Gasteiger partial charge in [-0.2, -0.15) is 5.10 Å². The molecule has 4 aromatic rings. The molecule has 0 bridgehead atoms. The summed E-state index contributed by atoms with van der Waals surface area (Å²) < 4.78 is 11.7. The van der Waals surface area contributed by atoms with Gasteiger partial charge in [0.05, 0.1) is 5.71 Å². The van der Waals surface area contributed by atoms with Gasteiger partial charge in [-0.3, -0.25) is 4.79 Å². The fourth-order valence-electron chi connectivity index (χ4n) is 4.19. The minimum Gasteiger partial charge on any atom is -0.453 e. The van der Waals surface area contributed by atoms with Gasteiger partial charge >= 0.3 is 5.97 Å². The van der Waals surface area contributed by atoms with Gasteiger partial charge in [0.25, 0.3) is 5.91 Å². The van der Waals surface area contributed by atoms with Gasteiger partial charge in [0.2, 0.25) is 5.76 Å². The second-order valence-corrected chi connectivity index (χ2v) is 8.24. The molecule has 2 aromatic carbocycles. The predicted molar refractivity (Wildman–Crippen MR) is 128 cm³/mol. The normalized spacial score (nSPS) is 14.1. The van der Waals surface area contributed by atoms with E-state index in [4.69, 9.17) is 9.15 Å². The zero-order chi connectivity index (χ0) is 23.7. The summed E-state index contributed by atoms with van der Waals surface area (Å²) in [5, 5.41) is 5.25. The molecule has 7 nitrogen and oxygen atoms in total. The summed E-state index contributed by atoms with van der Waals surface area (Å²) in [5.41, 5.74) is 6.70. The Labute approximate surface area is 196 Å². The first-order chi connectivity index (χ1) is 16.5. The van der Waals surface area contributed by atoms with Crippen molar-refractivity contribution >= 4 is 28.5 Å². The average molecular weight is 453 g/mol. The highest BCUT2D eigenvalue weighted by molar-refractivity contribution is 6.07. The van der Waals surface area contributed by atoms with Crippen molar-refractivity contribution in [2.45, 2.75) is 33.1 Å². The van der Waals surface area contributed by atoms with Crippen molar-refractivity contribution in [2.24, 2.45) is 5.10 Å². The summed E-state index contributed by atoms with van der Waals surface area (Å²) in [5.74, 6) is 0.313. The lowest BCUT2D eigenvalue weighted by atomic mass is 9.93.